The third kappa shape index (κ3) is 5.74. The van der Waals surface area contributed by atoms with Gasteiger partial charge in [-0.25, -0.2) is 0 Å². The number of ether oxygens (including phenoxy) is 1. The molecule has 5 nitrogen and oxygen atoms in total. The summed E-state index contributed by atoms with van der Waals surface area (Å²) in [5.74, 6) is -0.124. The molecule has 1 fully saturated rings. The maximum absolute atomic E-state index is 12.7. The minimum atomic E-state index is -0.477. The van der Waals surface area contributed by atoms with Crippen molar-refractivity contribution in [1.29, 1.82) is 0 Å². The number of halogens is 2. The number of Topliss-reactive ketones (excluding diaryl/α,β-unsaturated/α-hetero) is 1. The summed E-state index contributed by atoms with van der Waals surface area (Å²) in [6.07, 6.45) is 1.63. The lowest BCUT2D eigenvalue weighted by Gasteiger charge is -2.11. The predicted octanol–water partition coefficient (Wildman–Crippen LogP) is 6.60. The van der Waals surface area contributed by atoms with Crippen LogP contribution in [0.3, 0.4) is 0 Å². The summed E-state index contributed by atoms with van der Waals surface area (Å²) in [7, 11) is 0. The number of hydrogen-bond donors (Lipinski definition) is 0. The molecular weight excluding hydrogens is 526 g/mol. The second kappa shape index (κ2) is 10.4. The van der Waals surface area contributed by atoms with Gasteiger partial charge in [-0.2, -0.15) is 0 Å². The molecule has 2 amide bonds. The van der Waals surface area contributed by atoms with Gasteiger partial charge in [0.1, 0.15) is 12.4 Å². The van der Waals surface area contributed by atoms with Crippen molar-refractivity contribution >= 4 is 62.3 Å². The third-order valence-electron chi connectivity index (χ3n) is 4.87. The highest BCUT2D eigenvalue weighted by molar-refractivity contribution is 9.10. The number of rotatable bonds is 7. The molecule has 33 heavy (non-hydrogen) atoms. The van der Waals surface area contributed by atoms with E-state index in [1.54, 1.807) is 54.6 Å². The fraction of sp³-hybridized carbons (Fsp3) is 0.0800. The van der Waals surface area contributed by atoms with Crippen molar-refractivity contribution in [3.63, 3.8) is 0 Å². The number of amides is 2. The first kappa shape index (κ1) is 23.3. The molecule has 0 aliphatic carbocycles. The zero-order chi connectivity index (χ0) is 23.4. The van der Waals surface area contributed by atoms with Crippen LogP contribution in [0, 0.1) is 0 Å². The highest BCUT2D eigenvalue weighted by Gasteiger charge is 2.36. The largest absolute Gasteiger partial charge is 0.489 e. The lowest BCUT2D eigenvalue weighted by molar-refractivity contribution is -0.122. The van der Waals surface area contributed by atoms with E-state index in [9.17, 15) is 14.4 Å². The minimum absolute atomic E-state index is 0.272. The summed E-state index contributed by atoms with van der Waals surface area (Å²) in [6.45, 7) is 0.0444. The van der Waals surface area contributed by atoms with E-state index in [4.69, 9.17) is 16.3 Å². The van der Waals surface area contributed by atoms with Gasteiger partial charge in [-0.3, -0.25) is 19.3 Å². The Morgan fingerprint density at radius 2 is 1.70 bits per heavy atom. The van der Waals surface area contributed by atoms with E-state index in [0.29, 0.717) is 22.9 Å². The fourth-order valence-electron chi connectivity index (χ4n) is 3.10. The molecule has 4 rings (SSSR count). The van der Waals surface area contributed by atoms with Crippen molar-refractivity contribution in [2.45, 2.75) is 6.61 Å². The first-order valence-corrected chi connectivity index (χ1v) is 11.9. The number of carbonyl (C=O) groups is 3. The molecule has 0 atom stereocenters. The summed E-state index contributed by atoms with van der Waals surface area (Å²) in [4.78, 5) is 38.8. The molecular formula is C25H17BrClNO4S. The summed E-state index contributed by atoms with van der Waals surface area (Å²) < 4.78 is 6.61. The van der Waals surface area contributed by atoms with E-state index < -0.39 is 11.1 Å². The Balaban J connectivity index is 1.40. The van der Waals surface area contributed by atoms with Gasteiger partial charge in [-0.15, -0.1) is 0 Å². The smallest absolute Gasteiger partial charge is 0.293 e. The normalized spacial score (nSPS) is 14.7. The molecule has 0 spiro atoms. The van der Waals surface area contributed by atoms with Crippen LogP contribution in [0.4, 0.5) is 4.79 Å². The van der Waals surface area contributed by atoms with Crippen LogP contribution >= 0.6 is 39.3 Å². The Morgan fingerprint density at radius 1 is 1.00 bits per heavy atom. The van der Waals surface area contributed by atoms with Crippen molar-refractivity contribution < 1.29 is 19.1 Å². The summed E-state index contributed by atoms with van der Waals surface area (Å²) in [5, 5.41) is 0.180. The van der Waals surface area contributed by atoms with Gasteiger partial charge in [0.25, 0.3) is 11.1 Å². The van der Waals surface area contributed by atoms with Crippen LogP contribution in [0.25, 0.3) is 6.08 Å². The number of ketones is 1. The first-order chi connectivity index (χ1) is 15.9. The third-order valence-corrected chi connectivity index (χ3v) is 6.68. The molecule has 0 unspecified atom stereocenters. The van der Waals surface area contributed by atoms with Crippen LogP contribution in [0.15, 0.2) is 82.2 Å². The molecule has 8 heteroatoms. The van der Waals surface area contributed by atoms with Crippen LogP contribution in [0.1, 0.15) is 21.5 Å². The number of thioether (sulfide) groups is 1. The molecule has 0 N–H and O–H groups in total. The number of benzene rings is 3. The van der Waals surface area contributed by atoms with Gasteiger partial charge in [0, 0.05) is 20.6 Å². The van der Waals surface area contributed by atoms with E-state index in [1.807, 2.05) is 24.3 Å². The first-order valence-electron chi connectivity index (χ1n) is 9.91. The van der Waals surface area contributed by atoms with Crippen LogP contribution in [0.5, 0.6) is 5.75 Å². The van der Waals surface area contributed by atoms with Gasteiger partial charge in [0.05, 0.1) is 11.4 Å². The Bertz CT molecular complexity index is 1240. The number of nitrogens with zero attached hydrogens (tertiary/aromatic N) is 1. The molecule has 3 aromatic carbocycles. The van der Waals surface area contributed by atoms with Crippen LogP contribution in [-0.4, -0.2) is 28.4 Å². The van der Waals surface area contributed by atoms with Crippen molar-refractivity contribution in [3.05, 3.63) is 104 Å². The summed E-state index contributed by atoms with van der Waals surface area (Å²) in [6, 6.07) is 21.4. The van der Waals surface area contributed by atoms with E-state index in [-0.39, 0.29) is 17.2 Å². The lowest BCUT2D eigenvalue weighted by atomic mass is 10.1. The Labute approximate surface area is 208 Å². The topological polar surface area (TPSA) is 63.7 Å². The van der Waals surface area contributed by atoms with Gasteiger partial charge < -0.3 is 4.74 Å². The number of hydrogen-bond acceptors (Lipinski definition) is 5. The zero-order valence-corrected chi connectivity index (χ0v) is 20.3. The Kier molecular flexibility index (Phi) is 7.33. The van der Waals surface area contributed by atoms with Gasteiger partial charge in [0.2, 0.25) is 0 Å². The van der Waals surface area contributed by atoms with Crippen LogP contribution in [0.2, 0.25) is 5.02 Å². The molecule has 1 heterocycles. The van der Waals surface area contributed by atoms with E-state index in [0.717, 1.165) is 32.3 Å². The van der Waals surface area contributed by atoms with E-state index in [1.165, 1.54) is 0 Å². The molecule has 0 radical (unpaired) electrons. The lowest BCUT2D eigenvalue weighted by Crippen LogP contribution is -2.33. The standard InChI is InChI=1S/C25H17BrClNO4S/c26-19-9-7-17(8-10-19)22(29)14-28-24(30)23(33-25(28)31)13-16-5-11-20(12-6-16)32-15-18-3-1-2-4-21(18)27/h1-13H,14-15H2/b23-13+. The molecule has 0 saturated carbocycles. The molecule has 1 aliphatic heterocycles. The Morgan fingerprint density at radius 3 is 2.39 bits per heavy atom. The van der Waals surface area contributed by atoms with Crippen molar-refractivity contribution in [3.8, 4) is 5.75 Å². The van der Waals surface area contributed by atoms with Crippen molar-refractivity contribution in [1.82, 2.24) is 4.90 Å². The summed E-state index contributed by atoms with van der Waals surface area (Å²) >= 11 is 10.3. The second-order valence-electron chi connectivity index (χ2n) is 7.15. The molecule has 166 valence electrons. The average molecular weight is 543 g/mol. The predicted molar refractivity (Wildman–Crippen MR) is 133 cm³/mol. The van der Waals surface area contributed by atoms with Gasteiger partial charge in [-0.1, -0.05) is 70.0 Å². The van der Waals surface area contributed by atoms with Crippen LogP contribution in [-0.2, 0) is 11.4 Å². The van der Waals surface area contributed by atoms with Gasteiger partial charge in [0.15, 0.2) is 5.78 Å². The average Bonchev–Trinajstić information content (AvgIpc) is 3.07. The van der Waals surface area contributed by atoms with Crippen molar-refractivity contribution in [2.24, 2.45) is 0 Å². The molecule has 0 aromatic heterocycles. The number of carbonyl (C=O) groups excluding carboxylic acids is 3. The van der Waals surface area contributed by atoms with E-state index in [2.05, 4.69) is 15.9 Å². The van der Waals surface area contributed by atoms with Gasteiger partial charge in [-0.05, 0) is 53.7 Å². The molecule has 3 aromatic rings. The summed E-state index contributed by atoms with van der Waals surface area (Å²) in [5.41, 5.74) is 2.06. The maximum atomic E-state index is 12.7. The highest BCUT2D eigenvalue weighted by Crippen LogP contribution is 2.32. The van der Waals surface area contributed by atoms with Crippen LogP contribution < -0.4 is 4.74 Å². The second-order valence-corrected chi connectivity index (χ2v) is 9.46. The highest BCUT2D eigenvalue weighted by atomic mass is 79.9. The maximum Gasteiger partial charge on any atom is 0.293 e. The number of imide groups is 1. The molecule has 1 saturated heterocycles. The zero-order valence-electron chi connectivity index (χ0n) is 17.2. The molecule has 0 bridgehead atoms. The van der Waals surface area contributed by atoms with Gasteiger partial charge >= 0.3 is 0 Å². The SMILES string of the molecule is O=C(CN1C(=O)S/C(=C/c2ccc(OCc3ccccc3Cl)cc2)C1=O)c1ccc(Br)cc1. The monoisotopic (exact) mass is 541 g/mol. The van der Waals surface area contributed by atoms with E-state index >= 15 is 0 Å². The minimum Gasteiger partial charge on any atom is -0.489 e. The van der Waals surface area contributed by atoms with Crippen molar-refractivity contribution in [2.75, 3.05) is 6.54 Å². The quantitative estimate of drug-likeness (QED) is 0.249. The Hall–Kier alpha value is -2.87. The molecule has 1 aliphatic rings. The fourth-order valence-corrected chi connectivity index (χ4v) is 4.39.